The van der Waals surface area contributed by atoms with Crippen LogP contribution < -0.4 is 0 Å². The van der Waals surface area contributed by atoms with Crippen molar-refractivity contribution in [3.8, 4) is 44.5 Å². The van der Waals surface area contributed by atoms with Crippen LogP contribution in [0.25, 0.3) is 76.8 Å². The molecule has 0 saturated carbocycles. The number of benzene rings is 8. The molecular weight excluding hydrogens is 504 g/mol. The van der Waals surface area contributed by atoms with Crippen LogP contribution in [0.5, 0.6) is 0 Å². The Hall–Kier alpha value is -5.46. The quantitative estimate of drug-likeness (QED) is 0.198. The normalized spacial score (nSPS) is 11.3. The van der Waals surface area contributed by atoms with Crippen LogP contribution in [0, 0.1) is 0 Å². The molecule has 0 heterocycles. The van der Waals surface area contributed by atoms with E-state index in [1.165, 1.54) is 76.8 Å². The van der Waals surface area contributed by atoms with E-state index < -0.39 is 0 Å². The molecule has 42 heavy (non-hydrogen) atoms. The van der Waals surface area contributed by atoms with Crippen LogP contribution in [0.15, 0.2) is 170 Å². The smallest absolute Gasteiger partial charge is 0.00199 e. The van der Waals surface area contributed by atoms with Gasteiger partial charge in [0, 0.05) is 0 Å². The number of rotatable bonds is 4. The highest BCUT2D eigenvalue weighted by Crippen LogP contribution is 2.47. The average molecular weight is 533 g/mol. The van der Waals surface area contributed by atoms with Crippen molar-refractivity contribution >= 4 is 32.3 Å². The van der Waals surface area contributed by atoms with E-state index in [0.29, 0.717) is 0 Å². The van der Waals surface area contributed by atoms with Crippen LogP contribution in [0.1, 0.15) is 0 Å². The third kappa shape index (κ3) is 4.08. The molecule has 0 aliphatic carbocycles. The van der Waals surface area contributed by atoms with Crippen LogP contribution in [0.2, 0.25) is 0 Å². The molecule has 8 aromatic carbocycles. The maximum Gasteiger partial charge on any atom is -0.00199 e. The molecule has 0 heteroatoms. The molecule has 0 aliphatic heterocycles. The highest BCUT2D eigenvalue weighted by Gasteiger charge is 2.19. The summed E-state index contributed by atoms with van der Waals surface area (Å²) in [6.45, 7) is 0. The van der Waals surface area contributed by atoms with E-state index in [1.807, 2.05) is 0 Å². The maximum atomic E-state index is 2.40. The van der Waals surface area contributed by atoms with Gasteiger partial charge in [0.2, 0.25) is 0 Å². The molecule has 0 N–H and O–H groups in total. The Morgan fingerprint density at radius 2 is 0.714 bits per heavy atom. The Morgan fingerprint density at radius 3 is 1.33 bits per heavy atom. The fraction of sp³-hybridized carbons (Fsp3) is 0. The van der Waals surface area contributed by atoms with Gasteiger partial charge >= 0.3 is 0 Å². The summed E-state index contributed by atoms with van der Waals surface area (Å²) < 4.78 is 0. The van der Waals surface area contributed by atoms with Gasteiger partial charge in [0.1, 0.15) is 0 Å². The van der Waals surface area contributed by atoms with E-state index in [0.717, 1.165) is 0 Å². The predicted octanol–water partition coefficient (Wildman–Crippen LogP) is 11.8. The second kappa shape index (κ2) is 10.2. The van der Waals surface area contributed by atoms with Crippen molar-refractivity contribution in [1.29, 1.82) is 0 Å². The van der Waals surface area contributed by atoms with Gasteiger partial charge in [-0.15, -0.1) is 0 Å². The summed E-state index contributed by atoms with van der Waals surface area (Å²) in [7, 11) is 0. The Labute approximate surface area is 246 Å². The first-order chi connectivity index (χ1) is 20.8. The van der Waals surface area contributed by atoms with Gasteiger partial charge in [0.05, 0.1) is 0 Å². The topological polar surface area (TPSA) is 0 Å². The van der Waals surface area contributed by atoms with Gasteiger partial charge < -0.3 is 0 Å². The summed E-state index contributed by atoms with van der Waals surface area (Å²) in [6.07, 6.45) is 0. The van der Waals surface area contributed by atoms with Gasteiger partial charge in [-0.1, -0.05) is 158 Å². The lowest BCUT2D eigenvalue weighted by molar-refractivity contribution is 1.62. The minimum absolute atomic E-state index is 1.23. The van der Waals surface area contributed by atoms with Crippen molar-refractivity contribution in [1.82, 2.24) is 0 Å². The molecule has 0 saturated heterocycles. The van der Waals surface area contributed by atoms with Crippen LogP contribution in [0.4, 0.5) is 0 Å². The highest BCUT2D eigenvalue weighted by molar-refractivity contribution is 6.24. The van der Waals surface area contributed by atoms with E-state index in [2.05, 4.69) is 170 Å². The van der Waals surface area contributed by atoms with Gasteiger partial charge in [-0.2, -0.15) is 0 Å². The van der Waals surface area contributed by atoms with Gasteiger partial charge in [-0.3, -0.25) is 0 Å². The summed E-state index contributed by atoms with van der Waals surface area (Å²) >= 11 is 0. The molecule has 0 amide bonds. The van der Waals surface area contributed by atoms with Gasteiger partial charge in [0.25, 0.3) is 0 Å². The van der Waals surface area contributed by atoms with E-state index in [1.54, 1.807) is 0 Å². The van der Waals surface area contributed by atoms with Crippen molar-refractivity contribution in [2.24, 2.45) is 0 Å². The lowest BCUT2D eigenvalue weighted by Gasteiger charge is -2.20. The zero-order chi connectivity index (χ0) is 27.9. The molecule has 0 nitrogen and oxygen atoms in total. The number of fused-ring (bicyclic) bond motifs is 3. The minimum Gasteiger partial charge on any atom is -0.0622 e. The summed E-state index contributed by atoms with van der Waals surface area (Å²) in [5.41, 5.74) is 9.97. The average Bonchev–Trinajstić information content (AvgIpc) is 3.07. The number of hydrogen-bond donors (Lipinski definition) is 0. The first-order valence-corrected chi connectivity index (χ1v) is 14.5. The SMILES string of the molecule is c1ccc(-c2ccc3c(-c4cccc5ccccc45)c4cc(-c5ccccc5)ccc4c(-c4ccccc4)c3c2)cc1. The standard InChI is InChI=1S/C42H28/c1-4-13-29(14-5-1)33-24-26-38-39(27-33)41(32-18-8-3-9-19-32)37-25-23-34(30-15-6-2-7-16-30)28-40(37)42(38)36-22-12-20-31-17-10-11-21-35(31)36/h1-28H. The van der Waals surface area contributed by atoms with E-state index >= 15 is 0 Å². The molecule has 0 atom stereocenters. The highest BCUT2D eigenvalue weighted by atomic mass is 14.2. The molecule has 0 aromatic heterocycles. The second-order valence-electron chi connectivity index (χ2n) is 10.9. The Balaban J connectivity index is 1.57. The second-order valence-corrected chi connectivity index (χ2v) is 10.9. The van der Waals surface area contributed by atoms with Crippen molar-refractivity contribution < 1.29 is 0 Å². The Bertz CT molecular complexity index is 2200. The first-order valence-electron chi connectivity index (χ1n) is 14.5. The van der Waals surface area contributed by atoms with Crippen LogP contribution >= 0.6 is 0 Å². The molecule has 8 aromatic rings. The summed E-state index contributed by atoms with van der Waals surface area (Å²) in [5, 5.41) is 7.59. The first kappa shape index (κ1) is 24.3. The largest absolute Gasteiger partial charge is 0.0622 e. The van der Waals surface area contributed by atoms with Crippen molar-refractivity contribution in [2.45, 2.75) is 0 Å². The summed E-state index contributed by atoms with van der Waals surface area (Å²) in [4.78, 5) is 0. The van der Waals surface area contributed by atoms with Crippen LogP contribution in [0.3, 0.4) is 0 Å². The summed E-state index contributed by atoms with van der Waals surface area (Å²) in [6, 6.07) is 61.8. The number of hydrogen-bond acceptors (Lipinski definition) is 0. The maximum absolute atomic E-state index is 2.40. The molecular formula is C42H28. The molecule has 0 fully saturated rings. The lowest BCUT2D eigenvalue weighted by atomic mass is 9.83. The third-order valence-electron chi connectivity index (χ3n) is 8.45. The van der Waals surface area contributed by atoms with Crippen molar-refractivity contribution in [2.75, 3.05) is 0 Å². The van der Waals surface area contributed by atoms with Gasteiger partial charge in [0.15, 0.2) is 0 Å². The van der Waals surface area contributed by atoms with E-state index in [9.17, 15) is 0 Å². The van der Waals surface area contributed by atoms with Crippen LogP contribution in [-0.4, -0.2) is 0 Å². The molecule has 0 radical (unpaired) electrons. The zero-order valence-corrected chi connectivity index (χ0v) is 23.2. The zero-order valence-electron chi connectivity index (χ0n) is 23.2. The lowest BCUT2D eigenvalue weighted by Crippen LogP contribution is -1.93. The fourth-order valence-corrected chi connectivity index (χ4v) is 6.50. The molecule has 0 bridgehead atoms. The Kier molecular flexibility index (Phi) is 5.90. The Morgan fingerprint density at radius 1 is 0.238 bits per heavy atom. The fourth-order valence-electron chi connectivity index (χ4n) is 6.50. The predicted molar refractivity (Wildman–Crippen MR) is 181 cm³/mol. The van der Waals surface area contributed by atoms with Crippen molar-refractivity contribution in [3.63, 3.8) is 0 Å². The minimum atomic E-state index is 1.23. The van der Waals surface area contributed by atoms with Crippen molar-refractivity contribution in [3.05, 3.63) is 170 Å². The molecule has 0 aliphatic rings. The van der Waals surface area contributed by atoms with E-state index in [4.69, 9.17) is 0 Å². The molecule has 8 rings (SSSR count). The molecule has 0 unspecified atom stereocenters. The summed E-state index contributed by atoms with van der Waals surface area (Å²) in [5.74, 6) is 0. The van der Waals surface area contributed by atoms with E-state index in [-0.39, 0.29) is 0 Å². The third-order valence-corrected chi connectivity index (χ3v) is 8.45. The molecule has 196 valence electrons. The van der Waals surface area contributed by atoms with Crippen LogP contribution in [-0.2, 0) is 0 Å². The monoisotopic (exact) mass is 532 g/mol. The van der Waals surface area contributed by atoms with Gasteiger partial charge in [-0.25, -0.2) is 0 Å². The molecule has 0 spiro atoms. The van der Waals surface area contributed by atoms with Gasteiger partial charge in [-0.05, 0) is 89.0 Å².